The first-order chi connectivity index (χ1) is 17.2. The first kappa shape index (κ1) is 24.2. The third-order valence-electron chi connectivity index (χ3n) is 6.97. The van der Waals surface area contributed by atoms with E-state index in [1.54, 1.807) is 0 Å². The number of halogens is 3. The maximum atomic E-state index is 12.7. The number of rotatable bonds is 6. The van der Waals surface area contributed by atoms with Gasteiger partial charge in [0.25, 0.3) is 0 Å². The Morgan fingerprint density at radius 3 is 2.67 bits per heavy atom. The fourth-order valence-electron chi connectivity index (χ4n) is 4.98. The number of aryl methyl sites for hydroxylation is 2. The Kier molecular flexibility index (Phi) is 6.38. The number of carbonyl (C=O) groups is 1. The van der Waals surface area contributed by atoms with Gasteiger partial charge < -0.3 is 15.2 Å². The minimum atomic E-state index is -4.37. The zero-order valence-electron chi connectivity index (χ0n) is 20.1. The highest BCUT2D eigenvalue weighted by Gasteiger charge is 2.44. The van der Waals surface area contributed by atoms with Crippen molar-refractivity contribution in [2.24, 2.45) is 5.10 Å². The molecule has 2 aromatic rings. The van der Waals surface area contributed by atoms with E-state index < -0.39 is 11.7 Å². The predicted octanol–water partition coefficient (Wildman–Crippen LogP) is 4.07. The van der Waals surface area contributed by atoms with Crippen LogP contribution in [0.4, 0.5) is 13.2 Å². The van der Waals surface area contributed by atoms with Crippen molar-refractivity contribution in [3.05, 3.63) is 82.7 Å². The molecule has 1 fully saturated rings. The van der Waals surface area contributed by atoms with E-state index in [4.69, 9.17) is 0 Å². The highest BCUT2D eigenvalue weighted by Crippen LogP contribution is 2.35. The molecular weight excluding hydrogens is 469 g/mol. The molecule has 3 N–H and O–H groups in total. The van der Waals surface area contributed by atoms with Crippen molar-refractivity contribution >= 4 is 11.7 Å². The van der Waals surface area contributed by atoms with Gasteiger partial charge in [-0.1, -0.05) is 35.9 Å². The van der Waals surface area contributed by atoms with Crippen LogP contribution in [0.1, 0.15) is 53.1 Å². The van der Waals surface area contributed by atoms with Crippen LogP contribution >= 0.6 is 0 Å². The van der Waals surface area contributed by atoms with E-state index in [1.165, 1.54) is 28.8 Å². The maximum absolute atomic E-state index is 12.7. The second-order valence-electron chi connectivity index (χ2n) is 9.53. The molecule has 0 aromatic heterocycles. The molecule has 1 amide bonds. The Hall–Kier alpha value is -3.53. The Morgan fingerprint density at radius 1 is 1.14 bits per heavy atom. The summed E-state index contributed by atoms with van der Waals surface area (Å²) in [7, 11) is 0. The molecule has 3 atom stereocenters. The van der Waals surface area contributed by atoms with E-state index in [1.807, 2.05) is 12.4 Å². The van der Waals surface area contributed by atoms with Gasteiger partial charge in [0.05, 0.1) is 17.6 Å². The summed E-state index contributed by atoms with van der Waals surface area (Å²) < 4.78 is 38.1. The first-order valence-corrected chi connectivity index (χ1v) is 12.0. The van der Waals surface area contributed by atoms with Gasteiger partial charge in [-0.25, -0.2) is 5.43 Å². The van der Waals surface area contributed by atoms with Gasteiger partial charge in [0, 0.05) is 31.8 Å². The number of hydrazone groups is 1. The van der Waals surface area contributed by atoms with Crippen LogP contribution in [0.2, 0.25) is 0 Å². The largest absolute Gasteiger partial charge is 0.416 e. The van der Waals surface area contributed by atoms with Crippen molar-refractivity contribution in [3.8, 4) is 0 Å². The smallest absolute Gasteiger partial charge is 0.352 e. The third-order valence-corrected chi connectivity index (χ3v) is 6.97. The quantitative estimate of drug-likeness (QED) is 0.560. The Morgan fingerprint density at radius 2 is 1.92 bits per heavy atom. The summed E-state index contributed by atoms with van der Waals surface area (Å²) in [6.07, 6.45) is 1.19. The van der Waals surface area contributed by atoms with E-state index >= 15 is 0 Å². The first-order valence-electron chi connectivity index (χ1n) is 12.0. The summed E-state index contributed by atoms with van der Waals surface area (Å²) in [4.78, 5) is 14.5. The fourth-order valence-corrected chi connectivity index (χ4v) is 4.98. The van der Waals surface area contributed by atoms with E-state index in [0.717, 1.165) is 24.4 Å². The summed E-state index contributed by atoms with van der Waals surface area (Å²) in [6.45, 7) is 4.41. The van der Waals surface area contributed by atoms with E-state index in [-0.39, 0.29) is 37.1 Å². The molecule has 36 heavy (non-hydrogen) atoms. The molecular formula is C26H29F3N6O. The highest BCUT2D eigenvalue weighted by atomic mass is 19.4. The van der Waals surface area contributed by atoms with Crippen molar-refractivity contribution in [1.82, 2.24) is 26.1 Å². The Labute approximate surface area is 208 Å². The minimum absolute atomic E-state index is 0.0252. The maximum Gasteiger partial charge on any atom is 0.416 e. The normalized spacial score (nSPS) is 22.7. The van der Waals surface area contributed by atoms with Gasteiger partial charge in [0.15, 0.2) is 0 Å². The van der Waals surface area contributed by atoms with E-state index in [2.05, 4.69) is 63.2 Å². The number of fused-ring (bicyclic) bond motifs is 3. The van der Waals surface area contributed by atoms with Crippen molar-refractivity contribution in [2.45, 2.75) is 64.1 Å². The number of hydrogen-bond donors (Lipinski definition) is 3. The Bertz CT molecular complexity index is 1190. The van der Waals surface area contributed by atoms with Crippen LogP contribution in [0.15, 0.2) is 60.0 Å². The van der Waals surface area contributed by atoms with Crippen molar-refractivity contribution in [2.75, 3.05) is 0 Å². The Balaban J connectivity index is 1.13. The second-order valence-corrected chi connectivity index (χ2v) is 9.53. The number of alkyl halides is 3. The number of amides is 1. The van der Waals surface area contributed by atoms with Crippen LogP contribution < -0.4 is 16.2 Å². The lowest BCUT2D eigenvalue weighted by molar-refractivity contribution is -0.137. The van der Waals surface area contributed by atoms with Crippen molar-refractivity contribution in [1.29, 1.82) is 0 Å². The van der Waals surface area contributed by atoms with Crippen LogP contribution in [0.5, 0.6) is 0 Å². The van der Waals surface area contributed by atoms with Gasteiger partial charge >= 0.3 is 6.18 Å². The molecule has 3 aliphatic rings. The van der Waals surface area contributed by atoms with Gasteiger partial charge in [-0.3, -0.25) is 10.2 Å². The molecule has 3 aliphatic heterocycles. The number of hydrazine groups is 1. The minimum Gasteiger partial charge on any atom is -0.352 e. The molecule has 0 spiro atoms. The van der Waals surface area contributed by atoms with Gasteiger partial charge in [-0.15, -0.1) is 0 Å². The molecule has 5 rings (SSSR count). The van der Waals surface area contributed by atoms with Gasteiger partial charge in [0.1, 0.15) is 12.0 Å². The van der Waals surface area contributed by atoms with Crippen molar-refractivity contribution in [3.63, 3.8) is 0 Å². The fraction of sp³-hybridized carbons (Fsp3) is 0.385. The zero-order chi connectivity index (χ0) is 25.4. The highest BCUT2D eigenvalue weighted by molar-refractivity contribution is 5.89. The summed E-state index contributed by atoms with van der Waals surface area (Å²) in [6, 6.07) is 11.7. The third kappa shape index (κ3) is 4.90. The SMILES string of the molecule is Cc1ccc(C)c(C2CC3C4NN=C(CCC(=O)NCc5ccc(C(F)(F)F)cc5)N4C=CN3N2)c1. The number of hydrogen-bond acceptors (Lipinski definition) is 6. The molecule has 0 radical (unpaired) electrons. The summed E-state index contributed by atoms with van der Waals surface area (Å²) in [5, 5.41) is 9.40. The molecule has 0 bridgehead atoms. The molecule has 2 aromatic carbocycles. The van der Waals surface area contributed by atoms with Crippen molar-refractivity contribution < 1.29 is 18.0 Å². The lowest BCUT2D eigenvalue weighted by Gasteiger charge is -2.37. The summed E-state index contributed by atoms with van der Waals surface area (Å²) in [5.41, 5.74) is 10.5. The van der Waals surface area contributed by atoms with Crippen LogP contribution in [0, 0.1) is 13.8 Å². The molecule has 3 unspecified atom stereocenters. The molecule has 0 saturated carbocycles. The topological polar surface area (TPSA) is 72.0 Å². The molecule has 1 saturated heterocycles. The molecule has 190 valence electrons. The number of nitrogens with zero attached hydrogens (tertiary/aromatic N) is 3. The molecule has 0 aliphatic carbocycles. The van der Waals surface area contributed by atoms with Crippen LogP contribution in [-0.2, 0) is 17.5 Å². The average molecular weight is 499 g/mol. The molecule has 10 heteroatoms. The lowest BCUT2D eigenvalue weighted by atomic mass is 9.95. The van der Waals surface area contributed by atoms with Crippen LogP contribution in [0.25, 0.3) is 0 Å². The van der Waals surface area contributed by atoms with Gasteiger partial charge in [-0.05, 0) is 49.1 Å². The number of carbonyl (C=O) groups excluding carboxylic acids is 1. The van der Waals surface area contributed by atoms with Crippen LogP contribution in [0.3, 0.4) is 0 Å². The standard InChI is InChI=1S/C26H29F3N6O/c1-16-3-4-17(2)20(13-16)21-14-22-25-32-31-23(34(25)11-12-35(22)33-21)9-10-24(36)30-15-18-5-7-19(8-6-18)26(27,28)29/h3-8,11-13,21-22,25,32-33H,9-10,14-15H2,1-2H3,(H,30,36). The number of nitrogens with one attached hydrogen (secondary N) is 3. The van der Waals surface area contributed by atoms with E-state index in [9.17, 15) is 18.0 Å². The number of amidine groups is 1. The van der Waals surface area contributed by atoms with E-state index in [0.29, 0.717) is 12.0 Å². The average Bonchev–Trinajstić information content (AvgIpc) is 3.46. The summed E-state index contributed by atoms with van der Waals surface area (Å²) in [5.74, 6) is 0.608. The lowest BCUT2D eigenvalue weighted by Crippen LogP contribution is -2.54. The monoisotopic (exact) mass is 498 g/mol. The molecule has 7 nitrogen and oxygen atoms in total. The van der Waals surface area contributed by atoms with Gasteiger partial charge in [-0.2, -0.15) is 18.3 Å². The summed E-state index contributed by atoms with van der Waals surface area (Å²) >= 11 is 0. The second kappa shape index (κ2) is 9.50. The predicted molar refractivity (Wildman–Crippen MR) is 130 cm³/mol. The zero-order valence-corrected chi connectivity index (χ0v) is 20.1. The van der Waals surface area contributed by atoms with Gasteiger partial charge in [0.2, 0.25) is 5.91 Å². The number of benzene rings is 2. The molecule has 3 heterocycles. The van der Waals surface area contributed by atoms with Crippen LogP contribution in [-0.4, -0.2) is 33.9 Å².